The van der Waals surface area contributed by atoms with E-state index in [-0.39, 0.29) is 12.7 Å². The first-order valence-corrected chi connectivity index (χ1v) is 5.52. The standard InChI is InChI=1S/C11H23O4/c1-13-8-3-4-9-15-11(10-14-2)6-5-7-12/h11H,3-10H2,1-2H3. The molecule has 0 aliphatic heterocycles. The number of hydrogen-bond donors (Lipinski definition) is 0. The molecular weight excluding hydrogens is 196 g/mol. The van der Waals surface area contributed by atoms with Gasteiger partial charge < -0.3 is 14.2 Å². The smallest absolute Gasteiger partial charge is 0.0823 e. The molecule has 4 heteroatoms. The van der Waals surface area contributed by atoms with Gasteiger partial charge in [0, 0.05) is 27.4 Å². The Balaban J connectivity index is 3.38. The highest BCUT2D eigenvalue weighted by atomic mass is 16.5. The summed E-state index contributed by atoms with van der Waals surface area (Å²) in [6.45, 7) is 2.03. The quantitative estimate of drug-likeness (QED) is 0.496. The second kappa shape index (κ2) is 11.9. The highest BCUT2D eigenvalue weighted by molar-refractivity contribution is 4.56. The van der Waals surface area contributed by atoms with Crippen molar-refractivity contribution in [2.75, 3.05) is 40.6 Å². The number of unbranched alkanes of at least 4 members (excludes halogenated alkanes) is 1. The molecule has 0 bridgehead atoms. The molecular formula is C11H23O4. The summed E-state index contributed by atoms with van der Waals surface area (Å²) in [5, 5.41) is 10.3. The van der Waals surface area contributed by atoms with Crippen LogP contribution in [0.4, 0.5) is 0 Å². The van der Waals surface area contributed by atoms with Gasteiger partial charge >= 0.3 is 0 Å². The van der Waals surface area contributed by atoms with Crippen LogP contribution in [0.1, 0.15) is 25.7 Å². The van der Waals surface area contributed by atoms with Crippen molar-refractivity contribution in [3.8, 4) is 0 Å². The minimum atomic E-state index is -0.0345. The molecule has 4 nitrogen and oxygen atoms in total. The summed E-state index contributed by atoms with van der Waals surface area (Å²) in [6.07, 6.45) is 3.53. The summed E-state index contributed by atoms with van der Waals surface area (Å²) in [6, 6.07) is 0. The lowest BCUT2D eigenvalue weighted by Crippen LogP contribution is -2.20. The Morgan fingerprint density at radius 1 is 1.00 bits per heavy atom. The molecule has 15 heavy (non-hydrogen) atoms. The molecule has 0 spiro atoms. The van der Waals surface area contributed by atoms with E-state index in [4.69, 9.17) is 14.2 Å². The number of ether oxygens (including phenoxy) is 3. The summed E-state index contributed by atoms with van der Waals surface area (Å²) in [4.78, 5) is 0. The van der Waals surface area contributed by atoms with Crippen molar-refractivity contribution in [3.05, 3.63) is 0 Å². The minimum Gasteiger partial charge on any atom is -0.385 e. The average Bonchev–Trinajstić information content (AvgIpc) is 2.25. The van der Waals surface area contributed by atoms with Crippen LogP contribution >= 0.6 is 0 Å². The number of rotatable bonds is 11. The largest absolute Gasteiger partial charge is 0.385 e. The van der Waals surface area contributed by atoms with Crippen LogP contribution < -0.4 is 0 Å². The molecule has 0 N–H and O–H groups in total. The lowest BCUT2D eigenvalue weighted by atomic mass is 10.2. The van der Waals surface area contributed by atoms with Crippen LogP contribution in [-0.4, -0.2) is 46.8 Å². The van der Waals surface area contributed by atoms with Gasteiger partial charge in [0.1, 0.15) is 0 Å². The van der Waals surface area contributed by atoms with Gasteiger partial charge in [-0.05, 0) is 25.7 Å². The van der Waals surface area contributed by atoms with Gasteiger partial charge in [0.25, 0.3) is 0 Å². The molecule has 0 aromatic rings. The summed E-state index contributed by atoms with van der Waals surface area (Å²) >= 11 is 0. The van der Waals surface area contributed by atoms with Gasteiger partial charge in [-0.25, -0.2) is 5.11 Å². The first-order valence-electron chi connectivity index (χ1n) is 5.52. The molecule has 0 saturated heterocycles. The summed E-state index contributed by atoms with van der Waals surface area (Å²) in [5.74, 6) is 0. The van der Waals surface area contributed by atoms with Crippen molar-refractivity contribution >= 4 is 0 Å². The van der Waals surface area contributed by atoms with E-state index in [2.05, 4.69) is 0 Å². The highest BCUT2D eigenvalue weighted by Gasteiger charge is 2.07. The van der Waals surface area contributed by atoms with Crippen molar-refractivity contribution in [3.63, 3.8) is 0 Å². The van der Waals surface area contributed by atoms with Crippen LogP contribution in [-0.2, 0) is 19.3 Å². The van der Waals surface area contributed by atoms with Gasteiger partial charge in [-0.1, -0.05) is 0 Å². The van der Waals surface area contributed by atoms with Gasteiger partial charge in [0.2, 0.25) is 0 Å². The van der Waals surface area contributed by atoms with E-state index in [0.717, 1.165) is 32.5 Å². The second-order valence-corrected chi connectivity index (χ2v) is 3.49. The number of hydrogen-bond acceptors (Lipinski definition) is 3. The van der Waals surface area contributed by atoms with Crippen LogP contribution in [0.15, 0.2) is 0 Å². The first-order chi connectivity index (χ1) is 7.35. The fraction of sp³-hybridized carbons (Fsp3) is 1.00. The Morgan fingerprint density at radius 2 is 1.73 bits per heavy atom. The Kier molecular flexibility index (Phi) is 11.8. The van der Waals surface area contributed by atoms with E-state index in [9.17, 15) is 5.11 Å². The van der Waals surface area contributed by atoms with Gasteiger partial charge in [-0.3, -0.25) is 0 Å². The predicted octanol–water partition coefficient (Wildman–Crippen LogP) is 1.66. The molecule has 0 amide bonds. The topological polar surface area (TPSA) is 47.6 Å². The van der Waals surface area contributed by atoms with Gasteiger partial charge in [0.15, 0.2) is 0 Å². The second-order valence-electron chi connectivity index (χ2n) is 3.49. The van der Waals surface area contributed by atoms with Crippen LogP contribution in [0.25, 0.3) is 0 Å². The number of methoxy groups -OCH3 is 2. The lowest BCUT2D eigenvalue weighted by Gasteiger charge is -2.16. The normalized spacial score (nSPS) is 13.0. The zero-order valence-electron chi connectivity index (χ0n) is 9.87. The maximum atomic E-state index is 10.3. The van der Waals surface area contributed by atoms with E-state index in [1.807, 2.05) is 0 Å². The Hall–Kier alpha value is -0.160. The Labute approximate surface area is 92.5 Å². The van der Waals surface area contributed by atoms with Gasteiger partial charge in [-0.15, -0.1) is 0 Å². The van der Waals surface area contributed by atoms with Crippen molar-refractivity contribution < 1.29 is 19.3 Å². The Morgan fingerprint density at radius 3 is 2.33 bits per heavy atom. The molecule has 0 aromatic carbocycles. The lowest BCUT2D eigenvalue weighted by molar-refractivity contribution is -0.0132. The van der Waals surface area contributed by atoms with Crippen molar-refractivity contribution in [2.24, 2.45) is 0 Å². The van der Waals surface area contributed by atoms with Gasteiger partial charge in [0.05, 0.1) is 19.3 Å². The van der Waals surface area contributed by atoms with Crippen LogP contribution in [0.2, 0.25) is 0 Å². The average molecular weight is 219 g/mol. The van der Waals surface area contributed by atoms with E-state index < -0.39 is 0 Å². The molecule has 0 aromatic heterocycles. The van der Waals surface area contributed by atoms with Crippen LogP contribution in [0, 0.1) is 0 Å². The molecule has 91 valence electrons. The summed E-state index contributed by atoms with van der Waals surface area (Å²) in [5.41, 5.74) is 0. The maximum absolute atomic E-state index is 10.3. The molecule has 0 fully saturated rings. The maximum Gasteiger partial charge on any atom is 0.0823 e. The van der Waals surface area contributed by atoms with E-state index in [0.29, 0.717) is 13.0 Å². The van der Waals surface area contributed by atoms with E-state index in [1.54, 1.807) is 14.2 Å². The fourth-order valence-corrected chi connectivity index (χ4v) is 1.31. The monoisotopic (exact) mass is 219 g/mol. The molecule has 0 saturated carbocycles. The van der Waals surface area contributed by atoms with Crippen molar-refractivity contribution in [1.29, 1.82) is 0 Å². The Bertz CT molecular complexity index is 119. The third kappa shape index (κ3) is 10.1. The molecule has 0 aliphatic carbocycles. The fourth-order valence-electron chi connectivity index (χ4n) is 1.31. The molecule has 1 unspecified atom stereocenters. The zero-order chi connectivity index (χ0) is 11.4. The zero-order valence-corrected chi connectivity index (χ0v) is 9.87. The third-order valence-corrected chi connectivity index (χ3v) is 2.12. The van der Waals surface area contributed by atoms with Gasteiger partial charge in [-0.2, -0.15) is 0 Å². The van der Waals surface area contributed by atoms with Crippen LogP contribution in [0.3, 0.4) is 0 Å². The van der Waals surface area contributed by atoms with Crippen molar-refractivity contribution in [2.45, 2.75) is 31.8 Å². The SMILES string of the molecule is COCCCCOC(CCC[O])COC. The van der Waals surface area contributed by atoms with E-state index in [1.165, 1.54) is 0 Å². The highest BCUT2D eigenvalue weighted by Crippen LogP contribution is 2.04. The van der Waals surface area contributed by atoms with E-state index >= 15 is 0 Å². The molecule has 0 heterocycles. The summed E-state index contributed by atoms with van der Waals surface area (Å²) < 4.78 is 15.6. The van der Waals surface area contributed by atoms with Crippen LogP contribution in [0.5, 0.6) is 0 Å². The first kappa shape index (κ1) is 14.8. The third-order valence-electron chi connectivity index (χ3n) is 2.12. The molecule has 1 atom stereocenters. The minimum absolute atomic E-state index is 0.0345. The molecule has 0 rings (SSSR count). The van der Waals surface area contributed by atoms with Crippen molar-refractivity contribution in [1.82, 2.24) is 0 Å². The summed E-state index contributed by atoms with van der Waals surface area (Å²) in [7, 11) is 3.35. The predicted molar refractivity (Wildman–Crippen MR) is 57.5 cm³/mol. The molecule has 0 aliphatic rings. The molecule has 1 radical (unpaired) electrons.